The standard InChI is InChI=1S/C57H49BN2Si/c1-36-32-48-54-49(33-36)60-47-23-13-16-26-52(47)61(50-24-14-11-20-40(50)41-21-12-15-25-51(41)61)53-27-17-22-43(55(53)60)58(54)44-35-39(57(5,6)7)29-31-46(44)59(48)45-30-28-38(56(2,3)4)34-42(45)37-18-9-8-10-19-37/h8-35H,1-7H3. The molecule has 0 atom stereocenters. The molecule has 0 amide bonds. The SMILES string of the molecule is Cc1cc2c3c(c1)N1c4ccccc4[Si]4(c5ccccc5-c5ccccc54)c4cccc(c41)B3c1cc(C(C)(C)C)ccc1N2c1ccc(C(C)(C)C)cc1-c1ccccc1. The highest BCUT2D eigenvalue weighted by molar-refractivity contribution is 7.24. The van der Waals surface area contributed by atoms with Crippen molar-refractivity contribution in [3.63, 3.8) is 0 Å². The molecule has 0 fully saturated rings. The van der Waals surface area contributed by atoms with E-state index in [2.05, 4.69) is 228 Å². The van der Waals surface area contributed by atoms with Gasteiger partial charge in [0.15, 0.2) is 8.07 Å². The van der Waals surface area contributed by atoms with E-state index in [0.29, 0.717) is 0 Å². The molecule has 4 heterocycles. The normalized spacial score (nSPS) is 14.8. The lowest BCUT2D eigenvalue weighted by Gasteiger charge is -2.50. The Kier molecular flexibility index (Phi) is 7.53. The van der Waals surface area contributed by atoms with Crippen LogP contribution in [0.4, 0.5) is 34.1 Å². The average molecular weight is 801 g/mol. The first-order valence-corrected chi connectivity index (χ1v) is 24.0. The van der Waals surface area contributed by atoms with Crippen LogP contribution in [0.2, 0.25) is 0 Å². The van der Waals surface area contributed by atoms with Crippen LogP contribution >= 0.6 is 0 Å². The molecule has 0 N–H and O–H groups in total. The van der Waals surface area contributed by atoms with Crippen molar-refractivity contribution in [2.75, 3.05) is 9.80 Å². The van der Waals surface area contributed by atoms with Crippen molar-refractivity contribution >= 4 is 86.0 Å². The maximum absolute atomic E-state index is 2.75. The van der Waals surface area contributed by atoms with Gasteiger partial charge in [0.25, 0.3) is 6.71 Å². The molecule has 2 nitrogen and oxygen atoms in total. The van der Waals surface area contributed by atoms with Crippen LogP contribution in [-0.2, 0) is 10.8 Å². The van der Waals surface area contributed by atoms with E-state index in [1.54, 1.807) is 0 Å². The molecule has 0 bridgehead atoms. The summed E-state index contributed by atoms with van der Waals surface area (Å²) >= 11 is 0. The van der Waals surface area contributed by atoms with Crippen LogP contribution in [0.25, 0.3) is 22.3 Å². The van der Waals surface area contributed by atoms with Crippen LogP contribution in [0.3, 0.4) is 0 Å². The Morgan fingerprint density at radius 2 is 0.967 bits per heavy atom. The second-order valence-electron chi connectivity index (χ2n) is 19.8. The number of hydrogen-bond donors (Lipinski definition) is 0. The molecular formula is C57H49BN2Si. The van der Waals surface area contributed by atoms with Crippen molar-refractivity contribution < 1.29 is 0 Å². The van der Waals surface area contributed by atoms with E-state index in [1.807, 2.05) is 0 Å². The Bertz CT molecular complexity index is 3110. The van der Waals surface area contributed by atoms with Crippen LogP contribution in [-0.4, -0.2) is 14.8 Å². The van der Waals surface area contributed by atoms with Gasteiger partial charge in [-0.3, -0.25) is 0 Å². The molecule has 4 aliphatic heterocycles. The third-order valence-corrected chi connectivity index (χ3v) is 19.1. The quantitative estimate of drug-likeness (QED) is 0.161. The Balaban J connectivity index is 1.21. The summed E-state index contributed by atoms with van der Waals surface area (Å²) in [6, 6.07) is 65.9. The van der Waals surface area contributed by atoms with Crippen LogP contribution in [0.1, 0.15) is 58.2 Å². The van der Waals surface area contributed by atoms with Gasteiger partial charge in [0.2, 0.25) is 0 Å². The molecule has 4 aliphatic rings. The lowest BCUT2D eigenvalue weighted by atomic mass is 9.33. The van der Waals surface area contributed by atoms with Crippen molar-refractivity contribution in [1.29, 1.82) is 0 Å². The van der Waals surface area contributed by atoms with Crippen molar-refractivity contribution in [3.05, 3.63) is 187 Å². The fourth-order valence-electron chi connectivity index (χ4n) is 11.5. The van der Waals surface area contributed by atoms with Gasteiger partial charge in [-0.05, 0) is 125 Å². The van der Waals surface area contributed by atoms with E-state index < -0.39 is 8.07 Å². The molecule has 4 heteroatoms. The fraction of sp³-hybridized carbons (Fsp3) is 0.158. The number of hydrogen-bond acceptors (Lipinski definition) is 2. The molecule has 1 spiro atoms. The topological polar surface area (TPSA) is 6.48 Å². The van der Waals surface area contributed by atoms with E-state index in [4.69, 9.17) is 0 Å². The van der Waals surface area contributed by atoms with Gasteiger partial charge in [-0.25, -0.2) is 0 Å². The highest BCUT2D eigenvalue weighted by Gasteiger charge is 2.56. The Hall–Kier alpha value is -6.36. The summed E-state index contributed by atoms with van der Waals surface area (Å²) in [4.78, 5) is 5.30. The number of benzene rings is 8. The van der Waals surface area contributed by atoms with Gasteiger partial charge >= 0.3 is 0 Å². The van der Waals surface area contributed by atoms with Crippen molar-refractivity contribution in [1.82, 2.24) is 0 Å². The molecule has 0 radical (unpaired) electrons. The molecule has 0 aliphatic carbocycles. The van der Waals surface area contributed by atoms with Gasteiger partial charge in [-0.2, -0.15) is 0 Å². The Morgan fingerprint density at radius 3 is 1.64 bits per heavy atom. The molecule has 0 aromatic heterocycles. The summed E-state index contributed by atoms with van der Waals surface area (Å²) in [5.41, 5.74) is 21.1. The highest BCUT2D eigenvalue weighted by atomic mass is 28.3. The first-order valence-electron chi connectivity index (χ1n) is 22.0. The summed E-state index contributed by atoms with van der Waals surface area (Å²) in [6.45, 7) is 16.4. The third kappa shape index (κ3) is 4.91. The highest BCUT2D eigenvalue weighted by Crippen LogP contribution is 2.49. The van der Waals surface area contributed by atoms with Gasteiger partial charge in [0, 0.05) is 34.0 Å². The molecular weight excluding hydrogens is 752 g/mol. The molecule has 61 heavy (non-hydrogen) atoms. The molecule has 0 saturated heterocycles. The van der Waals surface area contributed by atoms with Gasteiger partial charge in [-0.15, -0.1) is 0 Å². The largest absolute Gasteiger partial charge is 0.312 e. The Morgan fingerprint density at radius 1 is 0.410 bits per heavy atom. The minimum Gasteiger partial charge on any atom is -0.312 e. The number of para-hydroxylation sites is 2. The molecule has 0 saturated carbocycles. The van der Waals surface area contributed by atoms with Crippen LogP contribution in [0.15, 0.2) is 170 Å². The predicted molar refractivity (Wildman–Crippen MR) is 264 cm³/mol. The van der Waals surface area contributed by atoms with E-state index in [1.165, 1.54) is 110 Å². The lowest BCUT2D eigenvalue weighted by molar-refractivity contribution is 0.590. The monoisotopic (exact) mass is 800 g/mol. The summed E-state index contributed by atoms with van der Waals surface area (Å²) < 4.78 is 0. The number of rotatable bonds is 2. The molecule has 8 aromatic carbocycles. The van der Waals surface area contributed by atoms with E-state index in [9.17, 15) is 0 Å². The Labute approximate surface area is 362 Å². The molecule has 8 aromatic rings. The predicted octanol–water partition coefficient (Wildman–Crippen LogP) is 10.0. The van der Waals surface area contributed by atoms with Crippen molar-refractivity contribution in [2.24, 2.45) is 0 Å². The van der Waals surface area contributed by atoms with Gasteiger partial charge in [0.1, 0.15) is 0 Å². The van der Waals surface area contributed by atoms with E-state index >= 15 is 0 Å². The third-order valence-electron chi connectivity index (χ3n) is 14.2. The maximum atomic E-state index is 2.68. The summed E-state index contributed by atoms with van der Waals surface area (Å²) in [5, 5.41) is 5.97. The molecule has 0 unspecified atom stereocenters. The van der Waals surface area contributed by atoms with Crippen molar-refractivity contribution in [3.8, 4) is 22.3 Å². The summed E-state index contributed by atoms with van der Waals surface area (Å²) in [7, 11) is -2.75. The minimum absolute atomic E-state index is 0.00115. The first-order chi connectivity index (χ1) is 29.5. The lowest BCUT2D eigenvalue weighted by Crippen LogP contribution is -2.77. The summed E-state index contributed by atoms with van der Waals surface area (Å²) in [5.74, 6) is 0. The van der Waals surface area contributed by atoms with Crippen LogP contribution in [0, 0.1) is 6.92 Å². The molecule has 12 rings (SSSR count). The number of anilines is 6. The summed E-state index contributed by atoms with van der Waals surface area (Å²) in [6.07, 6.45) is 0. The maximum Gasteiger partial charge on any atom is 0.252 e. The van der Waals surface area contributed by atoms with Crippen LogP contribution in [0.5, 0.6) is 0 Å². The van der Waals surface area contributed by atoms with E-state index in [0.717, 1.165) is 0 Å². The second-order valence-corrected chi connectivity index (χ2v) is 23.4. The second kappa shape index (κ2) is 12.6. The smallest absolute Gasteiger partial charge is 0.252 e. The zero-order chi connectivity index (χ0) is 41.6. The van der Waals surface area contributed by atoms with Gasteiger partial charge in [0.05, 0.1) is 5.69 Å². The average Bonchev–Trinajstić information content (AvgIpc) is 3.55. The number of aryl methyl sites for hydroxylation is 1. The van der Waals surface area contributed by atoms with Crippen molar-refractivity contribution in [2.45, 2.75) is 59.3 Å². The number of nitrogens with zero attached hydrogens (tertiary/aromatic N) is 2. The molecule has 294 valence electrons. The fourth-order valence-corrected chi connectivity index (χ4v) is 17.0. The van der Waals surface area contributed by atoms with Gasteiger partial charge in [-0.1, -0.05) is 175 Å². The number of fused-ring (bicyclic) bond motifs is 13. The first kappa shape index (κ1) is 36.5. The van der Waals surface area contributed by atoms with Gasteiger partial charge < -0.3 is 9.80 Å². The zero-order valence-electron chi connectivity index (χ0n) is 36.1. The minimum atomic E-state index is -2.75. The van der Waals surface area contributed by atoms with Crippen LogP contribution < -0.4 is 46.9 Å². The van der Waals surface area contributed by atoms with E-state index in [-0.39, 0.29) is 17.5 Å². The zero-order valence-corrected chi connectivity index (χ0v) is 37.1.